The van der Waals surface area contributed by atoms with Gasteiger partial charge in [0.15, 0.2) is 0 Å². The van der Waals surface area contributed by atoms with Crippen LogP contribution in [0.3, 0.4) is 0 Å². The van der Waals surface area contributed by atoms with Crippen LogP contribution in [0.1, 0.15) is 0 Å². The van der Waals surface area contributed by atoms with Crippen molar-refractivity contribution in [1.29, 1.82) is 0 Å². The van der Waals surface area contributed by atoms with Crippen molar-refractivity contribution in [2.45, 2.75) is 0 Å². The topological polar surface area (TPSA) is 24.3 Å². The average molecular weight is 457 g/mol. The van der Waals surface area contributed by atoms with Crippen molar-refractivity contribution in [2.75, 3.05) is 32.1 Å². The van der Waals surface area contributed by atoms with Gasteiger partial charge in [0, 0.05) is 41.0 Å². The third kappa shape index (κ3) is 3.72. The van der Waals surface area contributed by atoms with E-state index in [4.69, 9.17) is 5.10 Å². The monoisotopic (exact) mass is 456 g/mol. The van der Waals surface area contributed by atoms with E-state index in [1.807, 2.05) is 0 Å². The third-order valence-corrected chi connectivity index (χ3v) is 6.62. The fraction of sp³-hybridized carbons (Fsp3) is 0.129. The average Bonchev–Trinajstić information content (AvgIpc) is 3.25. The molecule has 0 saturated carbocycles. The number of nitrogens with zero attached hydrogens (tertiary/aromatic N) is 4. The van der Waals surface area contributed by atoms with E-state index in [1.54, 1.807) is 0 Å². The Bertz CT molecular complexity index is 1360. The van der Waals surface area contributed by atoms with Gasteiger partial charge in [-0.2, -0.15) is 5.10 Å². The molecule has 35 heavy (non-hydrogen) atoms. The Hall–Kier alpha value is -4.15. The molecule has 1 aliphatic rings. The molecule has 1 aromatic heterocycles. The van der Waals surface area contributed by atoms with Crippen LogP contribution in [0.5, 0.6) is 0 Å². The lowest BCUT2D eigenvalue weighted by Gasteiger charge is -2.28. The van der Waals surface area contributed by atoms with Crippen molar-refractivity contribution in [3.8, 4) is 39.3 Å². The molecule has 4 nitrogen and oxygen atoms in total. The van der Waals surface area contributed by atoms with E-state index in [9.17, 15) is 0 Å². The summed E-state index contributed by atoms with van der Waals surface area (Å²) in [5, 5.41) is 5.26. The van der Waals surface area contributed by atoms with Gasteiger partial charge in [-0.25, -0.2) is 4.68 Å². The second-order valence-corrected chi connectivity index (χ2v) is 9.17. The number of aromatic nitrogens is 2. The minimum atomic E-state index is 0.894. The Morgan fingerprint density at radius 1 is 0.657 bits per heavy atom. The lowest BCUT2D eigenvalue weighted by atomic mass is 9.95. The number of rotatable bonds is 5. The molecule has 5 aromatic rings. The van der Waals surface area contributed by atoms with Gasteiger partial charge in [-0.1, -0.05) is 84.9 Å². The van der Waals surface area contributed by atoms with Crippen molar-refractivity contribution < 1.29 is 0 Å². The van der Waals surface area contributed by atoms with Crippen LogP contribution >= 0.6 is 0 Å². The smallest absolute Gasteiger partial charge is 0.101 e. The van der Waals surface area contributed by atoms with E-state index in [0.29, 0.717) is 0 Å². The minimum Gasteiger partial charge on any atom is -0.339 e. The molecule has 0 unspecified atom stereocenters. The molecule has 0 spiro atoms. The van der Waals surface area contributed by atoms with Crippen LogP contribution in [-0.4, -0.2) is 41.9 Å². The zero-order valence-electron chi connectivity index (χ0n) is 20.1. The van der Waals surface area contributed by atoms with Crippen molar-refractivity contribution in [3.63, 3.8) is 0 Å². The summed E-state index contributed by atoms with van der Waals surface area (Å²) in [6.07, 6.45) is 0. The van der Waals surface area contributed by atoms with Crippen LogP contribution in [0.4, 0.5) is 11.4 Å². The lowest BCUT2D eigenvalue weighted by molar-refractivity contribution is 0.419. The molecule has 6 rings (SSSR count). The van der Waals surface area contributed by atoms with Crippen molar-refractivity contribution in [3.05, 3.63) is 109 Å². The van der Waals surface area contributed by atoms with Crippen LogP contribution in [0.2, 0.25) is 0 Å². The first-order valence-corrected chi connectivity index (χ1v) is 12.1. The largest absolute Gasteiger partial charge is 0.339 e. The number of hydrogen-bond acceptors (Lipinski definition) is 3. The van der Waals surface area contributed by atoms with E-state index in [2.05, 4.69) is 138 Å². The van der Waals surface area contributed by atoms with Gasteiger partial charge in [0.25, 0.3) is 0 Å². The van der Waals surface area contributed by atoms with E-state index in [1.165, 1.54) is 28.1 Å². The summed E-state index contributed by atoms with van der Waals surface area (Å²) in [5.41, 5.74) is 10.3. The Labute approximate surface area is 206 Å². The van der Waals surface area contributed by atoms with Crippen LogP contribution in [0.15, 0.2) is 109 Å². The molecule has 0 radical (unpaired) electrons. The van der Waals surface area contributed by atoms with Crippen LogP contribution in [0, 0.1) is 0 Å². The predicted molar refractivity (Wildman–Crippen MR) is 145 cm³/mol. The zero-order valence-corrected chi connectivity index (χ0v) is 20.1. The maximum Gasteiger partial charge on any atom is 0.101 e. The number of fused-ring (bicyclic) bond motifs is 5. The van der Waals surface area contributed by atoms with Gasteiger partial charge < -0.3 is 9.80 Å². The van der Waals surface area contributed by atoms with Gasteiger partial charge in [-0.15, -0.1) is 0 Å². The second kappa shape index (κ2) is 8.90. The van der Waals surface area contributed by atoms with Crippen LogP contribution in [-0.2, 0) is 0 Å². The molecule has 0 atom stereocenters. The highest BCUT2D eigenvalue weighted by atomic mass is 15.3. The van der Waals surface area contributed by atoms with Gasteiger partial charge >= 0.3 is 0 Å². The Kier molecular flexibility index (Phi) is 5.44. The molecule has 1 aliphatic heterocycles. The highest BCUT2D eigenvalue weighted by Crippen LogP contribution is 2.51. The number of likely N-dealkylation sites (N-methyl/N-ethyl adjacent to an activating group) is 1. The van der Waals surface area contributed by atoms with Gasteiger partial charge in [0.2, 0.25) is 0 Å². The van der Waals surface area contributed by atoms with Crippen LogP contribution in [0.25, 0.3) is 39.3 Å². The van der Waals surface area contributed by atoms with Crippen LogP contribution < -0.4 is 4.90 Å². The first-order chi connectivity index (χ1) is 17.2. The Balaban J connectivity index is 1.73. The summed E-state index contributed by atoms with van der Waals surface area (Å²) in [5.74, 6) is 0. The van der Waals surface area contributed by atoms with E-state index < -0.39 is 0 Å². The number of anilines is 2. The molecule has 172 valence electrons. The summed E-state index contributed by atoms with van der Waals surface area (Å²) in [6, 6.07) is 38.5. The summed E-state index contributed by atoms with van der Waals surface area (Å²) in [7, 11) is 4.26. The summed E-state index contributed by atoms with van der Waals surface area (Å²) in [4.78, 5) is 4.71. The maximum absolute atomic E-state index is 5.26. The Morgan fingerprint density at radius 3 is 1.91 bits per heavy atom. The maximum atomic E-state index is 5.26. The fourth-order valence-corrected chi connectivity index (χ4v) is 4.98. The predicted octanol–water partition coefficient (Wildman–Crippen LogP) is 6.89. The highest BCUT2D eigenvalue weighted by molar-refractivity contribution is 6.03. The van der Waals surface area contributed by atoms with Gasteiger partial charge in [-0.3, -0.25) is 0 Å². The molecular formula is C31H28N4. The van der Waals surface area contributed by atoms with Gasteiger partial charge in [0.1, 0.15) is 5.69 Å². The van der Waals surface area contributed by atoms with Crippen molar-refractivity contribution in [2.24, 2.45) is 0 Å². The quantitative estimate of drug-likeness (QED) is 0.288. The first-order valence-electron chi connectivity index (χ1n) is 12.1. The van der Waals surface area contributed by atoms with Crippen molar-refractivity contribution >= 4 is 11.4 Å². The van der Waals surface area contributed by atoms with E-state index in [-0.39, 0.29) is 0 Å². The fourth-order valence-electron chi connectivity index (χ4n) is 4.98. The Morgan fingerprint density at radius 2 is 1.23 bits per heavy atom. The standard InChI is InChI=1S/C31H28N4/c1-33(2)21-22-34-27-19-11-9-17-25(27)29-30(23-13-5-3-6-14-23)32-35(24-15-7-4-8-16-24)31(29)26-18-10-12-20-28(26)34/h3-20H,21-22H2,1-2H3. The molecule has 0 bridgehead atoms. The molecule has 0 amide bonds. The highest BCUT2D eigenvalue weighted by Gasteiger charge is 2.31. The van der Waals surface area contributed by atoms with Crippen molar-refractivity contribution in [1.82, 2.24) is 14.7 Å². The molecule has 4 aromatic carbocycles. The molecule has 2 heterocycles. The minimum absolute atomic E-state index is 0.894. The second-order valence-electron chi connectivity index (χ2n) is 9.17. The molecule has 4 heteroatoms. The van der Waals surface area contributed by atoms with Gasteiger partial charge in [-0.05, 0) is 38.4 Å². The molecule has 0 saturated heterocycles. The molecule has 0 fully saturated rings. The molecule has 0 N–H and O–H groups in total. The number of para-hydroxylation sites is 3. The lowest BCUT2D eigenvalue weighted by Crippen LogP contribution is -2.28. The zero-order chi connectivity index (χ0) is 23.8. The van der Waals surface area contributed by atoms with E-state index >= 15 is 0 Å². The summed E-state index contributed by atoms with van der Waals surface area (Å²) < 4.78 is 2.13. The summed E-state index contributed by atoms with van der Waals surface area (Å²) in [6.45, 7) is 1.85. The van der Waals surface area contributed by atoms with E-state index in [0.717, 1.165) is 35.7 Å². The number of hydrogen-bond donors (Lipinski definition) is 0. The molecular weight excluding hydrogens is 428 g/mol. The first kappa shape index (κ1) is 21.4. The number of benzene rings is 4. The van der Waals surface area contributed by atoms with Gasteiger partial charge in [0.05, 0.1) is 17.1 Å². The summed E-state index contributed by atoms with van der Waals surface area (Å²) >= 11 is 0. The third-order valence-electron chi connectivity index (χ3n) is 6.62. The SMILES string of the molecule is CN(C)CCN1c2ccccc2-c2c(-c3ccccc3)nn(-c3ccccc3)c2-c2ccccc21. The normalized spacial score (nSPS) is 12.1. The molecule has 0 aliphatic carbocycles.